The molecular weight excluding hydrogens is 270 g/mol. The topological polar surface area (TPSA) is 61.0 Å². The first-order valence-corrected chi connectivity index (χ1v) is 5.50. The summed E-state index contributed by atoms with van der Waals surface area (Å²) in [5.74, 6) is 0.803. The molecule has 0 spiro atoms. The largest absolute Gasteiger partial charge is 0.472 e. The molecule has 0 fully saturated rings. The number of hydrogen-bond acceptors (Lipinski definition) is 4. The summed E-state index contributed by atoms with van der Waals surface area (Å²) in [6.07, 6.45) is 1.50. The van der Waals surface area contributed by atoms with Gasteiger partial charge in [0.2, 0.25) is 5.88 Å². The van der Waals surface area contributed by atoms with Crippen molar-refractivity contribution in [3.05, 3.63) is 46.7 Å². The summed E-state index contributed by atoms with van der Waals surface area (Å²) in [6.45, 7) is 0.464. The third-order valence-electron chi connectivity index (χ3n) is 1.96. The zero-order chi connectivity index (χ0) is 11.4. The molecule has 1 aromatic carbocycles. The van der Waals surface area contributed by atoms with Gasteiger partial charge in [-0.3, -0.25) is 0 Å². The highest BCUT2D eigenvalue weighted by atomic mass is 79.9. The van der Waals surface area contributed by atoms with E-state index in [9.17, 15) is 0 Å². The van der Waals surface area contributed by atoms with Crippen molar-refractivity contribution in [2.45, 2.75) is 6.61 Å². The van der Waals surface area contributed by atoms with E-state index in [-0.39, 0.29) is 0 Å². The molecule has 0 radical (unpaired) electrons. The zero-order valence-corrected chi connectivity index (χ0v) is 10.0. The molecule has 4 nitrogen and oxygen atoms in total. The van der Waals surface area contributed by atoms with Crippen LogP contribution < -0.4 is 10.5 Å². The molecule has 1 heterocycles. The van der Waals surface area contributed by atoms with Crippen molar-refractivity contribution in [1.82, 2.24) is 9.97 Å². The number of ether oxygens (including phenoxy) is 1. The van der Waals surface area contributed by atoms with E-state index in [1.165, 1.54) is 6.20 Å². The van der Waals surface area contributed by atoms with E-state index < -0.39 is 0 Å². The van der Waals surface area contributed by atoms with Crippen LogP contribution in [0.4, 0.5) is 5.82 Å². The summed E-state index contributed by atoms with van der Waals surface area (Å²) in [6, 6.07) is 9.86. The predicted octanol–water partition coefficient (Wildman–Crippen LogP) is 2.40. The van der Waals surface area contributed by atoms with Gasteiger partial charge in [-0.1, -0.05) is 30.3 Å². The van der Waals surface area contributed by atoms with Gasteiger partial charge >= 0.3 is 0 Å². The fraction of sp³-hybridized carbons (Fsp3) is 0.0909. The number of nitrogens with two attached hydrogens (primary N) is 1. The molecule has 0 aliphatic heterocycles. The van der Waals surface area contributed by atoms with Crippen molar-refractivity contribution in [2.24, 2.45) is 0 Å². The number of anilines is 1. The Hall–Kier alpha value is -1.62. The van der Waals surface area contributed by atoms with E-state index in [1.807, 2.05) is 30.3 Å². The van der Waals surface area contributed by atoms with E-state index in [0.29, 0.717) is 22.9 Å². The van der Waals surface area contributed by atoms with E-state index in [1.54, 1.807) is 0 Å². The Morgan fingerprint density at radius 1 is 1.25 bits per heavy atom. The average molecular weight is 280 g/mol. The van der Waals surface area contributed by atoms with Gasteiger partial charge in [-0.2, -0.15) is 0 Å². The van der Waals surface area contributed by atoms with Gasteiger partial charge in [-0.25, -0.2) is 9.97 Å². The quantitative estimate of drug-likeness (QED) is 0.937. The van der Waals surface area contributed by atoms with Gasteiger partial charge in [-0.05, 0) is 21.5 Å². The van der Waals surface area contributed by atoms with Crippen LogP contribution in [0.15, 0.2) is 41.1 Å². The maximum Gasteiger partial charge on any atom is 0.233 e. The van der Waals surface area contributed by atoms with Gasteiger partial charge in [0.1, 0.15) is 6.61 Å². The molecule has 0 bridgehead atoms. The number of hydrogen-bond donors (Lipinski definition) is 1. The fourth-order valence-corrected chi connectivity index (χ4v) is 1.44. The Morgan fingerprint density at radius 2 is 2.00 bits per heavy atom. The molecule has 0 unspecified atom stereocenters. The highest BCUT2D eigenvalue weighted by molar-refractivity contribution is 9.10. The Labute approximate surface area is 102 Å². The molecule has 0 atom stereocenters. The number of nitrogens with zero attached hydrogens (tertiary/aromatic N) is 2. The normalized spacial score (nSPS) is 10.1. The molecule has 0 saturated carbocycles. The smallest absolute Gasteiger partial charge is 0.233 e. The second-order valence-electron chi connectivity index (χ2n) is 3.16. The molecule has 2 N–H and O–H groups in total. The van der Waals surface area contributed by atoms with Crippen LogP contribution in [0.5, 0.6) is 5.88 Å². The SMILES string of the molecule is Nc1ncc(OCc2ccccc2)nc1Br. The summed E-state index contributed by atoms with van der Waals surface area (Å²) in [4.78, 5) is 8.03. The second kappa shape index (κ2) is 4.94. The average Bonchev–Trinajstić information content (AvgIpc) is 2.32. The van der Waals surface area contributed by atoms with Crippen LogP contribution in [0.1, 0.15) is 5.56 Å². The van der Waals surface area contributed by atoms with Crippen molar-refractivity contribution in [3.8, 4) is 5.88 Å². The molecule has 0 saturated heterocycles. The minimum Gasteiger partial charge on any atom is -0.472 e. The monoisotopic (exact) mass is 279 g/mol. The van der Waals surface area contributed by atoms with E-state index in [0.717, 1.165) is 5.56 Å². The van der Waals surface area contributed by atoms with Gasteiger partial charge in [0.15, 0.2) is 10.4 Å². The molecule has 82 valence electrons. The number of aromatic nitrogens is 2. The molecule has 0 aliphatic carbocycles. The Morgan fingerprint density at radius 3 is 2.69 bits per heavy atom. The minimum atomic E-state index is 0.354. The molecule has 2 rings (SSSR count). The van der Waals surface area contributed by atoms with Crippen LogP contribution in [-0.4, -0.2) is 9.97 Å². The van der Waals surface area contributed by atoms with E-state index in [2.05, 4.69) is 25.9 Å². The third kappa shape index (κ3) is 2.70. The second-order valence-corrected chi connectivity index (χ2v) is 3.91. The van der Waals surface area contributed by atoms with Gasteiger partial charge in [-0.15, -0.1) is 0 Å². The predicted molar refractivity (Wildman–Crippen MR) is 64.9 cm³/mol. The van der Waals surface area contributed by atoms with Crippen LogP contribution in [-0.2, 0) is 6.61 Å². The van der Waals surface area contributed by atoms with Crippen molar-refractivity contribution in [3.63, 3.8) is 0 Å². The van der Waals surface area contributed by atoms with Crippen molar-refractivity contribution >= 4 is 21.7 Å². The number of rotatable bonds is 3. The molecule has 1 aromatic heterocycles. The summed E-state index contributed by atoms with van der Waals surface area (Å²) in [7, 11) is 0. The first kappa shape index (κ1) is 10.9. The van der Waals surface area contributed by atoms with Gasteiger partial charge < -0.3 is 10.5 Å². The van der Waals surface area contributed by atoms with Crippen LogP contribution in [0.3, 0.4) is 0 Å². The van der Waals surface area contributed by atoms with Crippen molar-refractivity contribution in [2.75, 3.05) is 5.73 Å². The lowest BCUT2D eigenvalue weighted by Gasteiger charge is -2.05. The summed E-state index contributed by atoms with van der Waals surface area (Å²) >= 11 is 3.19. The molecule has 16 heavy (non-hydrogen) atoms. The number of halogens is 1. The summed E-state index contributed by atoms with van der Waals surface area (Å²) in [5.41, 5.74) is 6.60. The Kier molecular flexibility index (Phi) is 3.36. The van der Waals surface area contributed by atoms with Crippen LogP contribution in [0.25, 0.3) is 0 Å². The lowest BCUT2D eigenvalue weighted by molar-refractivity contribution is 0.292. The molecule has 0 aliphatic rings. The first-order valence-electron chi connectivity index (χ1n) is 4.70. The van der Waals surface area contributed by atoms with Crippen LogP contribution in [0, 0.1) is 0 Å². The van der Waals surface area contributed by atoms with Crippen LogP contribution in [0.2, 0.25) is 0 Å². The third-order valence-corrected chi connectivity index (χ3v) is 2.55. The Balaban J connectivity index is 2.03. The highest BCUT2D eigenvalue weighted by Gasteiger charge is 2.02. The summed E-state index contributed by atoms with van der Waals surface area (Å²) in [5, 5.41) is 0. The molecular formula is C11H10BrN3O. The highest BCUT2D eigenvalue weighted by Crippen LogP contribution is 2.17. The van der Waals surface area contributed by atoms with E-state index >= 15 is 0 Å². The maximum atomic E-state index is 5.52. The maximum absolute atomic E-state index is 5.52. The van der Waals surface area contributed by atoms with Crippen LogP contribution >= 0.6 is 15.9 Å². The Bertz CT molecular complexity index is 476. The number of nitrogen functional groups attached to an aromatic ring is 1. The first-order chi connectivity index (χ1) is 7.75. The minimum absolute atomic E-state index is 0.354. The lowest BCUT2D eigenvalue weighted by Crippen LogP contribution is -2.00. The molecule has 2 aromatic rings. The van der Waals surface area contributed by atoms with Gasteiger partial charge in [0.25, 0.3) is 0 Å². The van der Waals surface area contributed by atoms with E-state index in [4.69, 9.17) is 10.5 Å². The molecule has 5 heteroatoms. The number of benzene rings is 1. The fourth-order valence-electron chi connectivity index (χ4n) is 1.16. The molecule has 0 amide bonds. The van der Waals surface area contributed by atoms with Gasteiger partial charge in [0, 0.05) is 0 Å². The summed E-state index contributed by atoms with van der Waals surface area (Å²) < 4.78 is 5.97. The zero-order valence-electron chi connectivity index (χ0n) is 8.43. The standard InChI is InChI=1S/C11H10BrN3O/c12-10-11(13)14-6-9(15-10)16-7-8-4-2-1-3-5-8/h1-6H,7H2,(H2,13,14). The van der Waals surface area contributed by atoms with Gasteiger partial charge in [0.05, 0.1) is 6.20 Å². The van der Waals surface area contributed by atoms with Crippen molar-refractivity contribution < 1.29 is 4.74 Å². The van der Waals surface area contributed by atoms with Crippen molar-refractivity contribution in [1.29, 1.82) is 0 Å². The lowest BCUT2D eigenvalue weighted by atomic mass is 10.2.